The maximum atomic E-state index is 5.88. The standard InChI is InChI=1S/C20H42O4/c1-11-13-14-15-20(12-2,23-21-18(7,8)16(3)4)24-22-19(9,10)17(5)6/h16-17H,11-15H2,1-10H3. The maximum absolute atomic E-state index is 5.88. The normalized spacial score (nSPS) is 14.0. The van der Waals surface area contributed by atoms with Crippen molar-refractivity contribution in [1.82, 2.24) is 0 Å². The Bertz CT molecular complexity index is 311. The van der Waals surface area contributed by atoms with Crippen molar-refractivity contribution in [3.05, 3.63) is 0 Å². The summed E-state index contributed by atoms with van der Waals surface area (Å²) in [5.41, 5.74) is -0.774. The Morgan fingerprint density at radius 1 is 0.667 bits per heavy atom. The molecular weight excluding hydrogens is 304 g/mol. The molecule has 0 aliphatic carbocycles. The van der Waals surface area contributed by atoms with Crippen LogP contribution in [0.5, 0.6) is 0 Å². The summed E-state index contributed by atoms with van der Waals surface area (Å²) in [7, 11) is 0. The molecule has 0 saturated heterocycles. The van der Waals surface area contributed by atoms with Crippen LogP contribution in [0.25, 0.3) is 0 Å². The Morgan fingerprint density at radius 2 is 1.08 bits per heavy atom. The van der Waals surface area contributed by atoms with E-state index in [1.54, 1.807) is 0 Å². The van der Waals surface area contributed by atoms with Gasteiger partial charge in [-0.25, -0.2) is 9.78 Å². The lowest BCUT2D eigenvalue weighted by atomic mass is 9.95. The fourth-order valence-corrected chi connectivity index (χ4v) is 1.60. The molecule has 0 atom stereocenters. The van der Waals surface area contributed by atoms with Crippen molar-refractivity contribution in [2.45, 2.75) is 118 Å². The van der Waals surface area contributed by atoms with Crippen LogP contribution in [0.1, 0.15) is 101 Å². The Morgan fingerprint density at radius 3 is 1.38 bits per heavy atom. The van der Waals surface area contributed by atoms with Gasteiger partial charge in [0.15, 0.2) is 0 Å². The highest BCUT2D eigenvalue weighted by molar-refractivity contribution is 4.74. The highest BCUT2D eigenvalue weighted by Gasteiger charge is 2.39. The number of unbranched alkanes of at least 4 members (excludes halogenated alkanes) is 2. The molecule has 0 N–H and O–H groups in total. The topological polar surface area (TPSA) is 36.9 Å². The second kappa shape index (κ2) is 10.1. The number of hydrogen-bond acceptors (Lipinski definition) is 4. The van der Waals surface area contributed by atoms with E-state index in [9.17, 15) is 0 Å². The summed E-state index contributed by atoms with van der Waals surface area (Å²) in [5, 5.41) is 0. The van der Waals surface area contributed by atoms with E-state index in [0.29, 0.717) is 18.3 Å². The summed E-state index contributed by atoms with van der Waals surface area (Å²) in [6.45, 7) is 20.8. The molecule has 4 heteroatoms. The third-order valence-electron chi connectivity index (χ3n) is 5.30. The van der Waals surface area contributed by atoms with E-state index in [1.807, 2.05) is 34.6 Å². The van der Waals surface area contributed by atoms with Gasteiger partial charge >= 0.3 is 0 Å². The van der Waals surface area contributed by atoms with E-state index < -0.39 is 5.79 Å². The molecule has 0 aromatic rings. The lowest BCUT2D eigenvalue weighted by molar-refractivity contribution is -0.549. The van der Waals surface area contributed by atoms with Crippen molar-refractivity contribution in [1.29, 1.82) is 0 Å². The molecule has 0 aliphatic rings. The first kappa shape index (κ1) is 23.8. The minimum atomic E-state index is -0.868. The molecule has 0 aliphatic heterocycles. The average molecular weight is 347 g/mol. The van der Waals surface area contributed by atoms with Crippen LogP contribution in [0.4, 0.5) is 0 Å². The van der Waals surface area contributed by atoms with E-state index in [4.69, 9.17) is 19.6 Å². The fraction of sp³-hybridized carbons (Fsp3) is 1.00. The first-order chi connectivity index (χ1) is 10.9. The summed E-state index contributed by atoms with van der Waals surface area (Å²) >= 11 is 0. The van der Waals surface area contributed by atoms with Gasteiger partial charge in [0.2, 0.25) is 5.79 Å². The molecule has 146 valence electrons. The van der Waals surface area contributed by atoms with Crippen LogP contribution < -0.4 is 0 Å². The van der Waals surface area contributed by atoms with Crippen LogP contribution >= 0.6 is 0 Å². The minimum absolute atomic E-state index is 0.329. The van der Waals surface area contributed by atoms with Crippen molar-refractivity contribution >= 4 is 0 Å². The quantitative estimate of drug-likeness (QED) is 0.166. The zero-order valence-electron chi connectivity index (χ0n) is 17.8. The van der Waals surface area contributed by atoms with Crippen LogP contribution in [0, 0.1) is 11.8 Å². The van der Waals surface area contributed by atoms with E-state index in [1.165, 1.54) is 0 Å². The molecule has 0 aromatic carbocycles. The molecule has 0 unspecified atom stereocenters. The highest BCUT2D eigenvalue weighted by Crippen LogP contribution is 2.33. The van der Waals surface area contributed by atoms with Gasteiger partial charge in [0.1, 0.15) is 11.2 Å². The molecule has 0 saturated carbocycles. The van der Waals surface area contributed by atoms with Gasteiger partial charge in [0.05, 0.1) is 0 Å². The zero-order valence-corrected chi connectivity index (χ0v) is 17.8. The fourth-order valence-electron chi connectivity index (χ4n) is 1.60. The van der Waals surface area contributed by atoms with Gasteiger partial charge in [-0.2, -0.15) is 9.78 Å². The van der Waals surface area contributed by atoms with Gasteiger partial charge in [-0.3, -0.25) is 0 Å². The van der Waals surface area contributed by atoms with Crippen molar-refractivity contribution in [3.8, 4) is 0 Å². The molecule has 0 aromatic heterocycles. The molecule has 0 rings (SSSR count). The van der Waals surface area contributed by atoms with Crippen LogP contribution in [0.3, 0.4) is 0 Å². The largest absolute Gasteiger partial charge is 0.233 e. The lowest BCUT2D eigenvalue weighted by Crippen LogP contribution is -2.44. The van der Waals surface area contributed by atoms with Gasteiger partial charge < -0.3 is 0 Å². The van der Waals surface area contributed by atoms with Crippen LogP contribution in [-0.4, -0.2) is 17.0 Å². The van der Waals surface area contributed by atoms with Crippen molar-refractivity contribution in [2.75, 3.05) is 0 Å². The average Bonchev–Trinajstić information content (AvgIpc) is 2.49. The minimum Gasteiger partial charge on any atom is -0.227 e. The monoisotopic (exact) mass is 346 g/mol. The van der Waals surface area contributed by atoms with Crippen LogP contribution in [0.2, 0.25) is 0 Å². The van der Waals surface area contributed by atoms with Crippen LogP contribution in [-0.2, 0) is 19.6 Å². The third kappa shape index (κ3) is 7.81. The van der Waals surface area contributed by atoms with Crippen molar-refractivity contribution in [2.24, 2.45) is 11.8 Å². The molecule has 0 fully saturated rings. The van der Waals surface area contributed by atoms with E-state index >= 15 is 0 Å². The second-order valence-electron chi connectivity index (χ2n) is 8.57. The van der Waals surface area contributed by atoms with Gasteiger partial charge in [0, 0.05) is 12.8 Å². The molecule has 4 nitrogen and oxygen atoms in total. The van der Waals surface area contributed by atoms with Crippen molar-refractivity contribution in [3.63, 3.8) is 0 Å². The van der Waals surface area contributed by atoms with Gasteiger partial charge in [0.25, 0.3) is 0 Å². The predicted octanol–water partition coefficient (Wildman–Crippen LogP) is 6.44. The Labute approximate surface area is 150 Å². The first-order valence-electron chi connectivity index (χ1n) is 9.66. The second-order valence-corrected chi connectivity index (χ2v) is 8.57. The van der Waals surface area contributed by atoms with Gasteiger partial charge in [-0.1, -0.05) is 54.4 Å². The van der Waals surface area contributed by atoms with Crippen LogP contribution in [0.15, 0.2) is 0 Å². The van der Waals surface area contributed by atoms with Gasteiger partial charge in [-0.15, -0.1) is 0 Å². The third-order valence-corrected chi connectivity index (χ3v) is 5.30. The summed E-state index contributed by atoms with van der Waals surface area (Å²) in [5.74, 6) is -0.209. The highest BCUT2D eigenvalue weighted by atomic mass is 17.3. The van der Waals surface area contributed by atoms with Gasteiger partial charge in [-0.05, 0) is 46.0 Å². The summed E-state index contributed by atoms with van der Waals surface area (Å²) in [6.07, 6.45) is 4.71. The first-order valence-corrected chi connectivity index (χ1v) is 9.66. The number of hydrogen-bond donors (Lipinski definition) is 0. The number of rotatable bonds is 13. The summed E-state index contributed by atoms with van der Waals surface area (Å²) in [4.78, 5) is 23.4. The van der Waals surface area contributed by atoms with E-state index in [-0.39, 0.29) is 11.2 Å². The maximum Gasteiger partial charge on any atom is 0.233 e. The van der Waals surface area contributed by atoms with Crippen molar-refractivity contribution < 1.29 is 19.6 Å². The zero-order chi connectivity index (χ0) is 19.0. The molecule has 0 radical (unpaired) electrons. The smallest absolute Gasteiger partial charge is 0.227 e. The summed E-state index contributed by atoms with van der Waals surface area (Å²) < 4.78 is 0. The molecule has 0 bridgehead atoms. The summed E-state index contributed by atoms with van der Waals surface area (Å²) in [6, 6.07) is 0. The molecule has 0 heterocycles. The van der Waals surface area contributed by atoms with E-state index in [0.717, 1.165) is 25.7 Å². The Balaban J connectivity index is 5.05. The lowest BCUT2D eigenvalue weighted by Gasteiger charge is -2.38. The Kier molecular flexibility index (Phi) is 10.0. The van der Waals surface area contributed by atoms with E-state index in [2.05, 4.69) is 34.6 Å². The molecule has 0 amide bonds. The molecule has 24 heavy (non-hydrogen) atoms. The molecular formula is C20H42O4. The predicted molar refractivity (Wildman–Crippen MR) is 99.3 cm³/mol. The Hall–Kier alpha value is -0.160. The SMILES string of the molecule is CCCCCC(CC)(OOC(C)(C)C(C)C)OOC(C)(C)C(C)C. The molecule has 0 spiro atoms.